The Kier molecular flexibility index (Phi) is 9.27. The smallest absolute Gasteiger partial charge is 0.116 e. The summed E-state index contributed by atoms with van der Waals surface area (Å²) in [4.78, 5) is 12.9. The lowest BCUT2D eigenvalue weighted by Crippen LogP contribution is -1.95. The number of hydrogen-bond donors (Lipinski definition) is 0. The van der Waals surface area contributed by atoms with Gasteiger partial charge >= 0.3 is 0 Å². The molecular formula is C34H37N5. The third-order valence-corrected chi connectivity index (χ3v) is 6.52. The molecule has 0 N–H and O–H groups in total. The molecule has 6 rings (SSSR count). The van der Waals surface area contributed by atoms with Gasteiger partial charge in [0.1, 0.15) is 6.33 Å². The summed E-state index contributed by atoms with van der Waals surface area (Å²) in [6.45, 7) is 12.9. The Bertz CT molecular complexity index is 1440. The fraction of sp³-hybridized carbons (Fsp3) is 0.265. The molecule has 3 aromatic carbocycles. The minimum atomic E-state index is 0.429. The highest BCUT2D eigenvalue weighted by molar-refractivity contribution is 5.85. The van der Waals surface area contributed by atoms with Crippen molar-refractivity contribution >= 4 is 32.4 Å². The van der Waals surface area contributed by atoms with Crippen molar-refractivity contribution in [1.82, 2.24) is 25.1 Å². The molecule has 39 heavy (non-hydrogen) atoms. The number of nitrogens with zero attached hydrogens (tertiary/aromatic N) is 5. The van der Waals surface area contributed by atoms with Crippen LogP contribution in [-0.2, 0) is 0 Å². The molecule has 0 radical (unpaired) electrons. The number of para-hydroxylation sites is 1. The molecule has 0 spiro atoms. The third-order valence-electron chi connectivity index (χ3n) is 6.52. The van der Waals surface area contributed by atoms with Crippen LogP contribution in [0.1, 0.15) is 76.4 Å². The summed E-state index contributed by atoms with van der Waals surface area (Å²) in [5.74, 6) is 1.37. The zero-order chi connectivity index (χ0) is 27.8. The van der Waals surface area contributed by atoms with Crippen LogP contribution in [0.3, 0.4) is 0 Å². The van der Waals surface area contributed by atoms with Crippen molar-refractivity contribution in [3.8, 4) is 0 Å². The van der Waals surface area contributed by atoms with Crippen molar-refractivity contribution in [1.29, 1.82) is 0 Å². The van der Waals surface area contributed by atoms with E-state index in [4.69, 9.17) is 0 Å². The zero-order valence-electron chi connectivity index (χ0n) is 23.7. The summed E-state index contributed by atoms with van der Waals surface area (Å²) < 4.78 is 0. The lowest BCUT2D eigenvalue weighted by atomic mass is 10.0. The molecule has 6 aromatic rings. The van der Waals surface area contributed by atoms with Crippen LogP contribution in [0.15, 0.2) is 97.6 Å². The van der Waals surface area contributed by atoms with Gasteiger partial charge in [0.25, 0.3) is 0 Å². The molecule has 0 aliphatic rings. The molecular weight excluding hydrogens is 478 g/mol. The predicted octanol–water partition coefficient (Wildman–Crippen LogP) is 8.86. The first kappa shape index (κ1) is 27.8. The molecule has 0 saturated carbocycles. The number of pyridine rings is 1. The van der Waals surface area contributed by atoms with Crippen molar-refractivity contribution < 1.29 is 0 Å². The molecule has 0 aliphatic carbocycles. The average molecular weight is 516 g/mol. The van der Waals surface area contributed by atoms with E-state index in [9.17, 15) is 0 Å². The van der Waals surface area contributed by atoms with Crippen LogP contribution < -0.4 is 0 Å². The highest BCUT2D eigenvalue weighted by Gasteiger charge is 2.07. The van der Waals surface area contributed by atoms with E-state index in [1.54, 1.807) is 12.5 Å². The zero-order valence-corrected chi connectivity index (χ0v) is 23.7. The van der Waals surface area contributed by atoms with E-state index in [1.165, 1.54) is 32.6 Å². The van der Waals surface area contributed by atoms with Crippen LogP contribution in [0, 0.1) is 0 Å². The highest BCUT2D eigenvalue weighted by atomic mass is 15.1. The second-order valence-corrected chi connectivity index (χ2v) is 10.5. The van der Waals surface area contributed by atoms with Gasteiger partial charge in [0, 0.05) is 27.7 Å². The minimum absolute atomic E-state index is 0.429. The van der Waals surface area contributed by atoms with Gasteiger partial charge in [0.05, 0.1) is 28.8 Å². The predicted molar refractivity (Wildman–Crippen MR) is 163 cm³/mol. The summed E-state index contributed by atoms with van der Waals surface area (Å²) in [5, 5.41) is 14.2. The molecule has 5 heteroatoms. The van der Waals surface area contributed by atoms with Crippen LogP contribution in [0.4, 0.5) is 0 Å². The minimum Gasteiger partial charge on any atom is -0.260 e. The van der Waals surface area contributed by atoms with E-state index in [0.717, 1.165) is 16.9 Å². The molecule has 3 heterocycles. The van der Waals surface area contributed by atoms with Crippen LogP contribution in [0.25, 0.3) is 32.4 Å². The average Bonchev–Trinajstić information content (AvgIpc) is 2.96. The Morgan fingerprint density at radius 2 is 1.03 bits per heavy atom. The topological polar surface area (TPSA) is 64.5 Å². The lowest BCUT2D eigenvalue weighted by Gasteiger charge is -2.07. The Balaban J connectivity index is 0.000000136. The van der Waals surface area contributed by atoms with Crippen LogP contribution in [0.5, 0.6) is 0 Å². The second-order valence-electron chi connectivity index (χ2n) is 10.5. The molecule has 0 saturated heterocycles. The molecule has 0 unspecified atom stereocenters. The van der Waals surface area contributed by atoms with Gasteiger partial charge in [-0.2, -0.15) is 10.2 Å². The van der Waals surface area contributed by atoms with E-state index in [2.05, 4.69) is 115 Å². The first-order valence-electron chi connectivity index (χ1n) is 13.6. The summed E-state index contributed by atoms with van der Waals surface area (Å²) >= 11 is 0. The maximum Gasteiger partial charge on any atom is 0.116 e. The van der Waals surface area contributed by atoms with Gasteiger partial charge in [-0.3, -0.25) is 4.98 Å². The normalized spacial score (nSPS) is 11.0. The van der Waals surface area contributed by atoms with E-state index in [-0.39, 0.29) is 0 Å². The van der Waals surface area contributed by atoms with Gasteiger partial charge in [-0.15, -0.1) is 0 Å². The fourth-order valence-electron chi connectivity index (χ4n) is 4.57. The molecule has 5 nitrogen and oxygen atoms in total. The highest BCUT2D eigenvalue weighted by Crippen LogP contribution is 2.23. The number of fused-ring (bicyclic) bond motifs is 3. The Morgan fingerprint density at radius 1 is 0.487 bits per heavy atom. The van der Waals surface area contributed by atoms with Gasteiger partial charge in [-0.25, -0.2) is 9.97 Å². The largest absolute Gasteiger partial charge is 0.260 e. The summed E-state index contributed by atoms with van der Waals surface area (Å²) in [6, 6.07) is 26.8. The molecule has 0 fully saturated rings. The number of hydrogen-bond acceptors (Lipinski definition) is 5. The van der Waals surface area contributed by atoms with E-state index >= 15 is 0 Å². The molecule has 0 atom stereocenters. The maximum absolute atomic E-state index is 4.41. The first-order valence-corrected chi connectivity index (χ1v) is 13.6. The number of rotatable bonds is 3. The number of benzene rings is 3. The van der Waals surface area contributed by atoms with Crippen LogP contribution in [0.2, 0.25) is 0 Å². The summed E-state index contributed by atoms with van der Waals surface area (Å²) in [6.07, 6.45) is 5.33. The quantitative estimate of drug-likeness (QED) is 0.235. The van der Waals surface area contributed by atoms with Crippen molar-refractivity contribution in [3.05, 3.63) is 115 Å². The molecule has 198 valence electrons. The Labute approximate surface area is 231 Å². The lowest BCUT2D eigenvalue weighted by molar-refractivity contribution is 0.799. The third kappa shape index (κ3) is 6.80. The van der Waals surface area contributed by atoms with Crippen molar-refractivity contribution in [2.45, 2.75) is 59.3 Å². The van der Waals surface area contributed by atoms with Gasteiger partial charge in [0.15, 0.2) is 0 Å². The summed E-state index contributed by atoms with van der Waals surface area (Å²) in [7, 11) is 0. The fourth-order valence-corrected chi connectivity index (χ4v) is 4.57. The van der Waals surface area contributed by atoms with E-state index in [0.29, 0.717) is 17.8 Å². The van der Waals surface area contributed by atoms with Gasteiger partial charge < -0.3 is 0 Å². The SMILES string of the molecule is CC(C)c1nccc2ccccc12.CC(C)c1ncnc2ccccc12.CC(C)c1nncc2ccccc12. The van der Waals surface area contributed by atoms with Crippen molar-refractivity contribution in [2.75, 3.05) is 0 Å². The number of aromatic nitrogens is 5. The first-order chi connectivity index (χ1) is 18.9. The Hall–Kier alpha value is -4.25. The van der Waals surface area contributed by atoms with Gasteiger partial charge in [-0.05, 0) is 35.3 Å². The Morgan fingerprint density at radius 3 is 1.69 bits per heavy atom. The monoisotopic (exact) mass is 515 g/mol. The molecule has 0 amide bonds. The van der Waals surface area contributed by atoms with Crippen molar-refractivity contribution in [3.63, 3.8) is 0 Å². The molecule has 3 aromatic heterocycles. The maximum atomic E-state index is 4.41. The standard InChI is InChI=1S/C12H13N.2C11H12N2/c1-9(2)12-11-6-4-3-5-10(11)7-8-13-12;1-8(2)11-9-5-3-4-6-10(9)12-7-13-11;1-8(2)11-10-6-4-3-5-9(10)7-12-13-11/h3-9H,1-2H3;2*3-8H,1-2H3. The molecule has 0 aliphatic heterocycles. The second kappa shape index (κ2) is 13.0. The molecule has 0 bridgehead atoms. The van der Waals surface area contributed by atoms with Crippen molar-refractivity contribution in [2.24, 2.45) is 0 Å². The van der Waals surface area contributed by atoms with E-state index < -0.39 is 0 Å². The van der Waals surface area contributed by atoms with E-state index in [1.807, 2.05) is 36.5 Å². The van der Waals surface area contributed by atoms with Gasteiger partial charge in [0.2, 0.25) is 0 Å². The van der Waals surface area contributed by atoms with Crippen LogP contribution >= 0.6 is 0 Å². The van der Waals surface area contributed by atoms with Gasteiger partial charge in [-0.1, -0.05) is 108 Å². The van der Waals surface area contributed by atoms with Crippen LogP contribution in [-0.4, -0.2) is 25.1 Å². The summed E-state index contributed by atoms with van der Waals surface area (Å²) in [5.41, 5.74) is 4.43.